The van der Waals surface area contributed by atoms with Gasteiger partial charge in [0.25, 0.3) is 0 Å². The number of hydrogen-bond donors (Lipinski definition) is 1. The molecule has 0 aromatic carbocycles. The van der Waals surface area contributed by atoms with Crippen molar-refractivity contribution in [3.8, 4) is 0 Å². The molecule has 0 aromatic heterocycles. The smallest absolute Gasteiger partial charge is 0.0521 e. The zero-order valence-corrected chi connectivity index (χ0v) is 6.90. The maximum absolute atomic E-state index is 8.49. The predicted molar refractivity (Wildman–Crippen MR) is 43.3 cm³/mol. The van der Waals surface area contributed by atoms with Gasteiger partial charge in [0.1, 0.15) is 0 Å². The van der Waals surface area contributed by atoms with E-state index in [0.717, 1.165) is 30.6 Å². The van der Waals surface area contributed by atoms with Crippen molar-refractivity contribution >= 4 is 11.8 Å². The molecule has 0 bridgehead atoms. The first kappa shape index (κ1) is 8.37. The van der Waals surface area contributed by atoms with E-state index in [-0.39, 0.29) is 0 Å². The average molecular weight is 162 g/mol. The summed E-state index contributed by atoms with van der Waals surface area (Å²) in [5.74, 6) is 2.77. The van der Waals surface area contributed by atoms with E-state index in [2.05, 4.69) is 0 Å². The SMILES string of the molecule is OCCSCC1CCOC1. The molecule has 0 spiro atoms. The third-order valence-corrected chi connectivity index (χ3v) is 2.79. The van der Waals surface area contributed by atoms with Crippen LogP contribution in [0.15, 0.2) is 0 Å². The van der Waals surface area contributed by atoms with Gasteiger partial charge in [-0.1, -0.05) is 0 Å². The Balaban J connectivity index is 1.91. The van der Waals surface area contributed by atoms with Gasteiger partial charge in [-0.15, -0.1) is 0 Å². The van der Waals surface area contributed by atoms with Crippen LogP contribution in [0.25, 0.3) is 0 Å². The summed E-state index contributed by atoms with van der Waals surface area (Å²) in [6, 6.07) is 0. The van der Waals surface area contributed by atoms with Crippen LogP contribution in [0.2, 0.25) is 0 Å². The monoisotopic (exact) mass is 162 g/mol. The van der Waals surface area contributed by atoms with E-state index >= 15 is 0 Å². The van der Waals surface area contributed by atoms with Crippen molar-refractivity contribution in [2.45, 2.75) is 6.42 Å². The quantitative estimate of drug-likeness (QED) is 0.618. The molecular formula is C7H14O2S. The molecular weight excluding hydrogens is 148 g/mol. The molecule has 0 aromatic rings. The highest BCUT2D eigenvalue weighted by atomic mass is 32.2. The number of hydrogen-bond acceptors (Lipinski definition) is 3. The van der Waals surface area contributed by atoms with Gasteiger partial charge >= 0.3 is 0 Å². The van der Waals surface area contributed by atoms with E-state index in [0.29, 0.717) is 6.61 Å². The molecule has 3 heteroatoms. The second kappa shape index (κ2) is 4.99. The van der Waals surface area contributed by atoms with Crippen molar-refractivity contribution < 1.29 is 9.84 Å². The molecule has 0 amide bonds. The van der Waals surface area contributed by atoms with E-state index in [1.54, 1.807) is 0 Å². The van der Waals surface area contributed by atoms with Crippen molar-refractivity contribution in [3.63, 3.8) is 0 Å². The first-order valence-corrected chi connectivity index (χ1v) is 4.85. The van der Waals surface area contributed by atoms with Crippen LogP contribution in [0.5, 0.6) is 0 Å². The minimum absolute atomic E-state index is 0.304. The van der Waals surface area contributed by atoms with Crippen molar-refractivity contribution in [1.82, 2.24) is 0 Å². The second-order valence-electron chi connectivity index (χ2n) is 2.53. The molecule has 0 saturated carbocycles. The van der Waals surface area contributed by atoms with Crippen LogP contribution in [-0.2, 0) is 4.74 Å². The van der Waals surface area contributed by atoms with Gasteiger partial charge in [0.05, 0.1) is 13.2 Å². The minimum atomic E-state index is 0.304. The first-order chi connectivity index (χ1) is 4.93. The molecule has 1 unspecified atom stereocenters. The molecule has 10 heavy (non-hydrogen) atoms. The van der Waals surface area contributed by atoms with Crippen molar-refractivity contribution in [2.24, 2.45) is 5.92 Å². The Hall–Kier alpha value is 0.270. The molecule has 0 radical (unpaired) electrons. The Kier molecular flexibility index (Phi) is 4.18. The number of aliphatic hydroxyl groups excluding tert-OH is 1. The van der Waals surface area contributed by atoms with Crippen molar-refractivity contribution in [1.29, 1.82) is 0 Å². The van der Waals surface area contributed by atoms with Gasteiger partial charge in [0, 0.05) is 12.4 Å². The van der Waals surface area contributed by atoms with Crippen LogP contribution in [0.4, 0.5) is 0 Å². The van der Waals surface area contributed by atoms with E-state index in [9.17, 15) is 0 Å². The summed E-state index contributed by atoms with van der Waals surface area (Å²) in [6.45, 7) is 2.17. The molecule has 1 heterocycles. The van der Waals surface area contributed by atoms with Crippen LogP contribution in [0.3, 0.4) is 0 Å². The standard InChI is InChI=1S/C7H14O2S/c8-2-4-10-6-7-1-3-9-5-7/h7-8H,1-6H2. The summed E-state index contributed by atoms with van der Waals surface area (Å²) in [5, 5.41) is 8.49. The Morgan fingerprint density at radius 1 is 1.60 bits per heavy atom. The van der Waals surface area contributed by atoms with Crippen LogP contribution >= 0.6 is 11.8 Å². The molecule has 2 nitrogen and oxygen atoms in total. The number of thioether (sulfide) groups is 1. The lowest BCUT2D eigenvalue weighted by molar-refractivity contribution is 0.189. The molecule has 1 aliphatic rings. The second-order valence-corrected chi connectivity index (χ2v) is 3.68. The van der Waals surface area contributed by atoms with Crippen molar-refractivity contribution in [2.75, 3.05) is 31.3 Å². The van der Waals surface area contributed by atoms with Crippen molar-refractivity contribution in [3.05, 3.63) is 0 Å². The fourth-order valence-electron chi connectivity index (χ4n) is 1.03. The van der Waals surface area contributed by atoms with E-state index < -0.39 is 0 Å². The highest BCUT2D eigenvalue weighted by molar-refractivity contribution is 7.99. The Morgan fingerprint density at radius 3 is 3.10 bits per heavy atom. The maximum atomic E-state index is 8.49. The highest BCUT2D eigenvalue weighted by Gasteiger charge is 2.14. The lowest BCUT2D eigenvalue weighted by Gasteiger charge is -2.04. The highest BCUT2D eigenvalue weighted by Crippen LogP contribution is 2.17. The minimum Gasteiger partial charge on any atom is -0.396 e. The molecule has 1 rings (SSSR count). The lowest BCUT2D eigenvalue weighted by atomic mass is 10.2. The van der Waals surface area contributed by atoms with Gasteiger partial charge < -0.3 is 9.84 Å². The van der Waals surface area contributed by atoms with Gasteiger partial charge in [-0.3, -0.25) is 0 Å². The van der Waals surface area contributed by atoms with Crippen LogP contribution < -0.4 is 0 Å². The van der Waals surface area contributed by atoms with Gasteiger partial charge in [0.2, 0.25) is 0 Å². The predicted octanol–water partition coefficient (Wildman–Crippen LogP) is 0.748. The molecule has 60 valence electrons. The number of aliphatic hydroxyl groups is 1. The molecule has 1 fully saturated rings. The first-order valence-electron chi connectivity index (χ1n) is 3.70. The fourth-order valence-corrected chi connectivity index (χ4v) is 1.92. The summed E-state index contributed by atoms with van der Waals surface area (Å²) in [4.78, 5) is 0. The van der Waals surface area contributed by atoms with Crippen LogP contribution in [0.1, 0.15) is 6.42 Å². The Morgan fingerprint density at radius 2 is 2.50 bits per heavy atom. The third kappa shape index (κ3) is 2.90. The maximum Gasteiger partial charge on any atom is 0.0521 e. The van der Waals surface area contributed by atoms with Gasteiger partial charge in [-0.05, 0) is 18.1 Å². The largest absolute Gasteiger partial charge is 0.396 e. The molecule has 1 atom stereocenters. The zero-order valence-electron chi connectivity index (χ0n) is 6.08. The zero-order chi connectivity index (χ0) is 7.23. The van der Waals surface area contributed by atoms with E-state index in [4.69, 9.17) is 9.84 Å². The average Bonchev–Trinajstić information content (AvgIpc) is 2.41. The summed E-state index contributed by atoms with van der Waals surface area (Å²) >= 11 is 1.82. The Labute approximate surface area is 66.0 Å². The van der Waals surface area contributed by atoms with E-state index in [1.165, 1.54) is 6.42 Å². The number of ether oxygens (including phenoxy) is 1. The summed E-state index contributed by atoms with van der Waals surface area (Å²) in [5.41, 5.74) is 0. The fraction of sp³-hybridized carbons (Fsp3) is 1.00. The lowest BCUT2D eigenvalue weighted by Crippen LogP contribution is -2.03. The summed E-state index contributed by atoms with van der Waals surface area (Å²) in [7, 11) is 0. The van der Waals surface area contributed by atoms with Crippen LogP contribution in [0, 0.1) is 5.92 Å². The topological polar surface area (TPSA) is 29.5 Å². The Bertz CT molecular complexity index is 81.7. The summed E-state index contributed by atoms with van der Waals surface area (Å²) < 4.78 is 5.21. The number of rotatable bonds is 4. The molecule has 1 saturated heterocycles. The normalized spacial score (nSPS) is 25.5. The van der Waals surface area contributed by atoms with Gasteiger partial charge in [-0.25, -0.2) is 0 Å². The van der Waals surface area contributed by atoms with Crippen LogP contribution in [-0.4, -0.2) is 36.4 Å². The third-order valence-electron chi connectivity index (χ3n) is 1.61. The molecule has 1 aliphatic heterocycles. The molecule has 1 N–H and O–H groups in total. The molecule has 0 aliphatic carbocycles. The summed E-state index contributed by atoms with van der Waals surface area (Å²) in [6.07, 6.45) is 1.21. The van der Waals surface area contributed by atoms with E-state index in [1.807, 2.05) is 11.8 Å². The van der Waals surface area contributed by atoms with Gasteiger partial charge in [-0.2, -0.15) is 11.8 Å². The van der Waals surface area contributed by atoms with Gasteiger partial charge in [0.15, 0.2) is 0 Å².